The summed E-state index contributed by atoms with van der Waals surface area (Å²) in [6.07, 6.45) is 9.78. The van der Waals surface area contributed by atoms with Crippen molar-refractivity contribution in [1.29, 1.82) is 0 Å². The van der Waals surface area contributed by atoms with Crippen molar-refractivity contribution in [3.05, 3.63) is 30.3 Å². The molecule has 0 radical (unpaired) electrons. The van der Waals surface area contributed by atoms with Crippen molar-refractivity contribution in [3.8, 4) is 12.3 Å². The highest BCUT2D eigenvalue weighted by atomic mass is 15.1. The lowest BCUT2D eigenvalue weighted by molar-refractivity contribution is 0.362. The summed E-state index contributed by atoms with van der Waals surface area (Å²) in [5.74, 6) is 2.77. The fraction of sp³-hybridized carbons (Fsp3) is 0.529. The molecule has 1 fully saturated rings. The van der Waals surface area contributed by atoms with Crippen molar-refractivity contribution < 1.29 is 0 Å². The Morgan fingerprint density at radius 1 is 1.32 bits per heavy atom. The Balaban J connectivity index is 1.81. The summed E-state index contributed by atoms with van der Waals surface area (Å²) in [7, 11) is 0. The van der Waals surface area contributed by atoms with E-state index < -0.39 is 0 Å². The van der Waals surface area contributed by atoms with Crippen LogP contribution in [0.5, 0.6) is 0 Å². The van der Waals surface area contributed by atoms with Gasteiger partial charge in [0.1, 0.15) is 0 Å². The maximum absolute atomic E-state index is 5.41. The first-order chi connectivity index (χ1) is 9.33. The van der Waals surface area contributed by atoms with Crippen molar-refractivity contribution in [2.45, 2.75) is 44.7 Å². The fourth-order valence-electron chi connectivity index (χ4n) is 2.74. The third-order valence-electron chi connectivity index (χ3n) is 3.94. The molecular weight excluding hydrogens is 232 g/mol. The molecule has 1 aromatic carbocycles. The normalized spacial score (nSPS) is 18.0. The van der Waals surface area contributed by atoms with Gasteiger partial charge in [0.25, 0.3) is 0 Å². The van der Waals surface area contributed by atoms with Gasteiger partial charge in [-0.1, -0.05) is 25.1 Å². The SMILES string of the molecule is C#CCC(CC)NC1CCN(c2ccccc2)CC1. The van der Waals surface area contributed by atoms with Crippen LogP contribution in [-0.4, -0.2) is 25.2 Å². The van der Waals surface area contributed by atoms with E-state index in [9.17, 15) is 0 Å². The first kappa shape index (κ1) is 14.0. The molecule has 0 amide bonds. The molecule has 1 aliphatic heterocycles. The molecule has 0 saturated carbocycles. The minimum absolute atomic E-state index is 0.485. The molecule has 1 unspecified atom stereocenters. The van der Waals surface area contributed by atoms with Gasteiger partial charge in [0.2, 0.25) is 0 Å². The quantitative estimate of drug-likeness (QED) is 0.815. The van der Waals surface area contributed by atoms with E-state index in [4.69, 9.17) is 6.42 Å². The minimum atomic E-state index is 0.485. The van der Waals surface area contributed by atoms with Gasteiger partial charge in [0.15, 0.2) is 0 Å². The van der Waals surface area contributed by atoms with E-state index in [1.807, 2.05) is 0 Å². The Kier molecular flexibility index (Phi) is 5.30. The average molecular weight is 256 g/mol. The smallest absolute Gasteiger partial charge is 0.0366 e. The van der Waals surface area contributed by atoms with Crippen LogP contribution in [0.4, 0.5) is 5.69 Å². The Bertz CT molecular complexity index is 399. The first-order valence-corrected chi connectivity index (χ1v) is 7.33. The highest BCUT2D eigenvalue weighted by Crippen LogP contribution is 2.20. The standard InChI is InChI=1S/C17H24N2/c1-3-8-15(4-2)18-16-11-13-19(14-12-16)17-9-6-5-7-10-17/h1,5-7,9-10,15-16,18H,4,8,11-14H2,2H3. The van der Waals surface area contributed by atoms with E-state index in [-0.39, 0.29) is 0 Å². The van der Waals surface area contributed by atoms with Gasteiger partial charge in [0.05, 0.1) is 0 Å². The van der Waals surface area contributed by atoms with Crippen molar-refractivity contribution in [3.63, 3.8) is 0 Å². The number of piperidine rings is 1. The fourth-order valence-corrected chi connectivity index (χ4v) is 2.74. The highest BCUT2D eigenvalue weighted by Gasteiger charge is 2.20. The van der Waals surface area contributed by atoms with Crippen LogP contribution in [0.25, 0.3) is 0 Å². The lowest BCUT2D eigenvalue weighted by Gasteiger charge is -2.35. The summed E-state index contributed by atoms with van der Waals surface area (Å²) in [5, 5.41) is 3.71. The van der Waals surface area contributed by atoms with Crippen molar-refractivity contribution in [2.75, 3.05) is 18.0 Å². The van der Waals surface area contributed by atoms with E-state index in [1.54, 1.807) is 0 Å². The van der Waals surface area contributed by atoms with Gasteiger partial charge in [0, 0.05) is 37.3 Å². The van der Waals surface area contributed by atoms with Gasteiger partial charge in [-0.3, -0.25) is 0 Å². The monoisotopic (exact) mass is 256 g/mol. The number of benzene rings is 1. The van der Waals surface area contributed by atoms with E-state index >= 15 is 0 Å². The number of para-hydroxylation sites is 1. The summed E-state index contributed by atoms with van der Waals surface area (Å²) in [6, 6.07) is 11.8. The number of hydrogen-bond acceptors (Lipinski definition) is 2. The second-order valence-corrected chi connectivity index (χ2v) is 5.28. The molecule has 0 aromatic heterocycles. The van der Waals surface area contributed by atoms with Gasteiger partial charge in [-0.05, 0) is 31.4 Å². The van der Waals surface area contributed by atoms with Crippen LogP contribution in [0.3, 0.4) is 0 Å². The largest absolute Gasteiger partial charge is 0.371 e. The van der Waals surface area contributed by atoms with Crippen LogP contribution in [0.1, 0.15) is 32.6 Å². The molecule has 102 valence electrons. The number of anilines is 1. The number of hydrogen-bond donors (Lipinski definition) is 1. The molecule has 0 aliphatic carbocycles. The molecule has 1 atom stereocenters. The molecule has 1 aromatic rings. The maximum Gasteiger partial charge on any atom is 0.0366 e. The average Bonchev–Trinajstić information content (AvgIpc) is 2.48. The van der Waals surface area contributed by atoms with Crippen LogP contribution in [0.15, 0.2) is 30.3 Å². The second kappa shape index (κ2) is 7.21. The molecule has 2 heteroatoms. The molecular formula is C17H24N2. The van der Waals surface area contributed by atoms with Crippen LogP contribution >= 0.6 is 0 Å². The van der Waals surface area contributed by atoms with Crippen LogP contribution in [0.2, 0.25) is 0 Å². The number of rotatable bonds is 5. The predicted octanol–water partition coefficient (Wildman–Crippen LogP) is 3.05. The van der Waals surface area contributed by atoms with E-state index in [1.165, 1.54) is 18.5 Å². The van der Waals surface area contributed by atoms with Crippen LogP contribution in [-0.2, 0) is 0 Å². The second-order valence-electron chi connectivity index (χ2n) is 5.28. The lowest BCUT2D eigenvalue weighted by Crippen LogP contribution is -2.46. The molecule has 2 nitrogen and oxygen atoms in total. The molecule has 0 spiro atoms. The molecule has 2 rings (SSSR count). The third kappa shape index (κ3) is 4.01. The lowest BCUT2D eigenvalue weighted by atomic mass is 10.0. The van der Waals surface area contributed by atoms with Gasteiger partial charge in [-0.15, -0.1) is 12.3 Å². The molecule has 1 heterocycles. The summed E-state index contributed by atoms with van der Waals surface area (Å²) in [6.45, 7) is 4.47. The summed E-state index contributed by atoms with van der Waals surface area (Å²) < 4.78 is 0. The number of nitrogens with one attached hydrogen (secondary N) is 1. The van der Waals surface area contributed by atoms with Gasteiger partial charge >= 0.3 is 0 Å². The number of nitrogens with zero attached hydrogens (tertiary/aromatic N) is 1. The van der Waals surface area contributed by atoms with E-state index in [0.29, 0.717) is 12.1 Å². The Morgan fingerprint density at radius 3 is 2.58 bits per heavy atom. The summed E-state index contributed by atoms with van der Waals surface area (Å²) in [5.41, 5.74) is 1.34. The zero-order chi connectivity index (χ0) is 13.5. The predicted molar refractivity (Wildman–Crippen MR) is 82.3 cm³/mol. The summed E-state index contributed by atoms with van der Waals surface area (Å²) >= 11 is 0. The van der Waals surface area contributed by atoms with Gasteiger partial charge < -0.3 is 10.2 Å². The van der Waals surface area contributed by atoms with Crippen LogP contribution in [0, 0.1) is 12.3 Å². The van der Waals surface area contributed by atoms with Gasteiger partial charge in [-0.25, -0.2) is 0 Å². The molecule has 1 aliphatic rings. The Labute approximate surface area is 117 Å². The summed E-state index contributed by atoms with van der Waals surface area (Å²) in [4.78, 5) is 2.47. The third-order valence-corrected chi connectivity index (χ3v) is 3.94. The number of terminal acetylenes is 1. The molecule has 0 bridgehead atoms. The van der Waals surface area contributed by atoms with Crippen molar-refractivity contribution in [1.82, 2.24) is 5.32 Å². The van der Waals surface area contributed by atoms with Crippen molar-refractivity contribution in [2.24, 2.45) is 0 Å². The van der Waals surface area contributed by atoms with Crippen molar-refractivity contribution >= 4 is 5.69 Å². The maximum atomic E-state index is 5.41. The minimum Gasteiger partial charge on any atom is -0.371 e. The molecule has 19 heavy (non-hydrogen) atoms. The topological polar surface area (TPSA) is 15.3 Å². The van der Waals surface area contributed by atoms with Gasteiger partial charge in [-0.2, -0.15) is 0 Å². The molecule has 1 N–H and O–H groups in total. The van der Waals surface area contributed by atoms with E-state index in [0.717, 1.165) is 25.9 Å². The Hall–Kier alpha value is -1.46. The van der Waals surface area contributed by atoms with E-state index in [2.05, 4.69) is 53.4 Å². The highest BCUT2D eigenvalue weighted by molar-refractivity contribution is 5.46. The first-order valence-electron chi connectivity index (χ1n) is 7.33. The van der Waals surface area contributed by atoms with Crippen LogP contribution < -0.4 is 10.2 Å². The zero-order valence-electron chi connectivity index (χ0n) is 11.8. The molecule has 1 saturated heterocycles. The zero-order valence-corrected chi connectivity index (χ0v) is 11.8. The Morgan fingerprint density at radius 2 is 2.00 bits per heavy atom.